The maximum atomic E-state index is 13.6. The number of hydrogen-bond donors (Lipinski definition) is 2. The summed E-state index contributed by atoms with van der Waals surface area (Å²) < 4.78 is 53.3. The van der Waals surface area contributed by atoms with E-state index in [2.05, 4.69) is 10.6 Å². The highest BCUT2D eigenvalue weighted by Gasteiger charge is 2.36. The molecule has 28 heavy (non-hydrogen) atoms. The second-order valence-electron chi connectivity index (χ2n) is 6.13. The van der Waals surface area contributed by atoms with Gasteiger partial charge in [0.05, 0.1) is 5.69 Å². The molecule has 3 rings (SSSR count). The van der Waals surface area contributed by atoms with Crippen LogP contribution in [0.15, 0.2) is 39.9 Å². The summed E-state index contributed by atoms with van der Waals surface area (Å²) in [6, 6.07) is 5.21. The first-order valence-corrected chi connectivity index (χ1v) is 10.7. The standard InChI is InChI=1S/C17H17F2N3O4S2/c18-11-5-6-14(13(19)9-11)21-17(24)16(23)20-10-12-3-1-7-22(12)28(25,26)15-4-2-8-27-15/h2,4-6,8-9,12H,1,3,7,10H2,(H,20,23)(H,21,24)/t12-/m1/s1. The van der Waals surface area contributed by atoms with E-state index in [-0.39, 0.29) is 16.4 Å². The molecule has 150 valence electrons. The number of thiophene rings is 1. The molecule has 7 nitrogen and oxygen atoms in total. The first-order valence-electron chi connectivity index (χ1n) is 8.38. The lowest BCUT2D eigenvalue weighted by Gasteiger charge is -2.23. The minimum absolute atomic E-state index is 0.0528. The number of anilines is 1. The quantitative estimate of drug-likeness (QED) is 0.710. The molecular formula is C17H17F2N3O4S2. The average Bonchev–Trinajstić information content (AvgIpc) is 3.34. The summed E-state index contributed by atoms with van der Waals surface area (Å²) in [5.74, 6) is -3.99. The lowest BCUT2D eigenvalue weighted by Crippen LogP contribution is -2.45. The molecule has 1 aromatic carbocycles. The van der Waals surface area contributed by atoms with Crippen LogP contribution in [0, 0.1) is 11.6 Å². The number of rotatable bonds is 5. The topological polar surface area (TPSA) is 95.6 Å². The molecule has 0 radical (unpaired) electrons. The molecule has 1 atom stereocenters. The van der Waals surface area contributed by atoms with Crippen LogP contribution in [0.2, 0.25) is 0 Å². The molecule has 1 aliphatic rings. The Balaban J connectivity index is 1.59. The van der Waals surface area contributed by atoms with Gasteiger partial charge in [0.2, 0.25) is 0 Å². The van der Waals surface area contributed by atoms with Gasteiger partial charge in [-0.05, 0) is 36.4 Å². The fourth-order valence-electron chi connectivity index (χ4n) is 2.92. The van der Waals surface area contributed by atoms with E-state index in [9.17, 15) is 26.8 Å². The molecule has 1 aliphatic heterocycles. The highest BCUT2D eigenvalue weighted by atomic mass is 32.2. The van der Waals surface area contributed by atoms with Gasteiger partial charge in [0.1, 0.15) is 15.8 Å². The Morgan fingerprint density at radius 2 is 2.00 bits per heavy atom. The molecule has 11 heteroatoms. The van der Waals surface area contributed by atoms with Crippen molar-refractivity contribution in [2.75, 3.05) is 18.4 Å². The van der Waals surface area contributed by atoms with Gasteiger partial charge in [0, 0.05) is 25.2 Å². The first kappa shape index (κ1) is 20.4. The van der Waals surface area contributed by atoms with Crippen molar-refractivity contribution in [3.8, 4) is 0 Å². The number of carbonyl (C=O) groups is 2. The third kappa shape index (κ3) is 4.37. The molecule has 0 saturated carbocycles. The second kappa shape index (κ2) is 8.33. The van der Waals surface area contributed by atoms with Gasteiger partial charge >= 0.3 is 11.8 Å². The van der Waals surface area contributed by atoms with E-state index in [1.165, 1.54) is 10.4 Å². The number of benzene rings is 1. The Hall–Kier alpha value is -2.37. The van der Waals surface area contributed by atoms with Gasteiger partial charge in [0.15, 0.2) is 0 Å². The Bertz CT molecular complexity index is 980. The molecule has 0 spiro atoms. The van der Waals surface area contributed by atoms with Crippen molar-refractivity contribution in [2.45, 2.75) is 23.1 Å². The summed E-state index contributed by atoms with van der Waals surface area (Å²) >= 11 is 1.11. The van der Waals surface area contributed by atoms with Crippen LogP contribution in [0.1, 0.15) is 12.8 Å². The number of halogens is 2. The zero-order valence-electron chi connectivity index (χ0n) is 14.5. The number of carbonyl (C=O) groups excluding carboxylic acids is 2. The number of nitrogens with one attached hydrogen (secondary N) is 2. The molecule has 1 saturated heterocycles. The van der Waals surface area contributed by atoms with Crippen LogP contribution in [0.3, 0.4) is 0 Å². The molecule has 0 unspecified atom stereocenters. The molecule has 0 aliphatic carbocycles. The summed E-state index contributed by atoms with van der Waals surface area (Å²) in [6.07, 6.45) is 1.18. The lowest BCUT2D eigenvalue weighted by molar-refractivity contribution is -0.136. The van der Waals surface area contributed by atoms with E-state index in [0.29, 0.717) is 25.5 Å². The van der Waals surface area contributed by atoms with Gasteiger partial charge in [0.25, 0.3) is 10.0 Å². The van der Waals surface area contributed by atoms with Crippen molar-refractivity contribution in [3.63, 3.8) is 0 Å². The van der Waals surface area contributed by atoms with Crippen LogP contribution in [-0.2, 0) is 19.6 Å². The van der Waals surface area contributed by atoms with Crippen molar-refractivity contribution >= 4 is 38.9 Å². The normalized spacial score (nSPS) is 17.4. The Morgan fingerprint density at radius 3 is 2.68 bits per heavy atom. The fourth-order valence-corrected chi connectivity index (χ4v) is 5.73. The fraction of sp³-hybridized carbons (Fsp3) is 0.294. The van der Waals surface area contributed by atoms with Crippen LogP contribution in [0.4, 0.5) is 14.5 Å². The molecule has 1 fully saturated rings. The van der Waals surface area contributed by atoms with Crippen molar-refractivity contribution in [3.05, 3.63) is 47.3 Å². The minimum Gasteiger partial charge on any atom is -0.346 e. The molecular weight excluding hydrogens is 412 g/mol. The largest absolute Gasteiger partial charge is 0.346 e. The van der Waals surface area contributed by atoms with Gasteiger partial charge in [-0.15, -0.1) is 11.3 Å². The Morgan fingerprint density at radius 1 is 1.21 bits per heavy atom. The molecule has 2 heterocycles. The van der Waals surface area contributed by atoms with Crippen LogP contribution < -0.4 is 10.6 Å². The predicted octanol–water partition coefficient (Wildman–Crippen LogP) is 1.93. The van der Waals surface area contributed by atoms with E-state index < -0.39 is 39.5 Å². The molecule has 2 amide bonds. The molecule has 0 bridgehead atoms. The predicted molar refractivity (Wildman–Crippen MR) is 99.2 cm³/mol. The highest BCUT2D eigenvalue weighted by molar-refractivity contribution is 7.91. The third-order valence-corrected chi connectivity index (χ3v) is 7.59. The molecule has 2 N–H and O–H groups in total. The van der Waals surface area contributed by atoms with Crippen LogP contribution in [0.25, 0.3) is 0 Å². The van der Waals surface area contributed by atoms with Crippen molar-refractivity contribution in [1.82, 2.24) is 9.62 Å². The number of amides is 2. The SMILES string of the molecule is O=C(NC[C@H]1CCCN1S(=O)(=O)c1cccs1)C(=O)Nc1ccc(F)cc1F. The number of hydrogen-bond acceptors (Lipinski definition) is 5. The number of nitrogens with zero attached hydrogens (tertiary/aromatic N) is 1. The summed E-state index contributed by atoms with van der Waals surface area (Å²) in [5.41, 5.74) is -0.329. The van der Waals surface area contributed by atoms with Crippen molar-refractivity contribution in [2.24, 2.45) is 0 Å². The zero-order valence-corrected chi connectivity index (χ0v) is 16.2. The number of sulfonamides is 1. The van der Waals surface area contributed by atoms with E-state index in [0.717, 1.165) is 23.5 Å². The summed E-state index contributed by atoms with van der Waals surface area (Å²) in [7, 11) is -3.66. The first-order chi connectivity index (χ1) is 13.3. The monoisotopic (exact) mass is 429 g/mol. The molecule has 1 aromatic heterocycles. The molecule has 2 aromatic rings. The minimum atomic E-state index is -3.66. The highest BCUT2D eigenvalue weighted by Crippen LogP contribution is 2.28. The van der Waals surface area contributed by atoms with Gasteiger partial charge < -0.3 is 10.6 Å². The van der Waals surface area contributed by atoms with E-state index in [1.54, 1.807) is 11.4 Å². The smallest absolute Gasteiger partial charge is 0.313 e. The van der Waals surface area contributed by atoms with E-state index >= 15 is 0 Å². The van der Waals surface area contributed by atoms with Crippen molar-refractivity contribution < 1.29 is 26.8 Å². The Kier molecular flexibility index (Phi) is 6.06. The summed E-state index contributed by atoms with van der Waals surface area (Å²) in [6.45, 7) is 0.274. The van der Waals surface area contributed by atoms with Crippen LogP contribution in [-0.4, -0.2) is 43.7 Å². The van der Waals surface area contributed by atoms with E-state index in [4.69, 9.17) is 0 Å². The van der Waals surface area contributed by atoms with Crippen molar-refractivity contribution in [1.29, 1.82) is 0 Å². The summed E-state index contributed by atoms with van der Waals surface area (Å²) in [5, 5.41) is 6.09. The maximum Gasteiger partial charge on any atom is 0.313 e. The lowest BCUT2D eigenvalue weighted by atomic mass is 10.2. The van der Waals surface area contributed by atoms with Crippen LogP contribution in [0.5, 0.6) is 0 Å². The Labute approximate surface area is 164 Å². The van der Waals surface area contributed by atoms with Gasteiger partial charge in [-0.3, -0.25) is 9.59 Å². The van der Waals surface area contributed by atoms with Gasteiger partial charge in [-0.1, -0.05) is 6.07 Å². The van der Waals surface area contributed by atoms with E-state index in [1.807, 2.05) is 0 Å². The summed E-state index contributed by atoms with van der Waals surface area (Å²) in [4.78, 5) is 23.9. The second-order valence-corrected chi connectivity index (χ2v) is 9.20. The van der Waals surface area contributed by atoms with Gasteiger partial charge in [-0.2, -0.15) is 4.31 Å². The average molecular weight is 429 g/mol. The zero-order chi connectivity index (χ0) is 20.3. The maximum absolute atomic E-state index is 13.6. The van der Waals surface area contributed by atoms with Gasteiger partial charge in [-0.25, -0.2) is 17.2 Å². The van der Waals surface area contributed by atoms with Crippen LogP contribution >= 0.6 is 11.3 Å². The third-order valence-electron chi connectivity index (χ3n) is 4.26.